The maximum absolute atomic E-state index is 6.20. The lowest BCUT2D eigenvalue weighted by atomic mass is 10.1. The van der Waals surface area contributed by atoms with Crippen LogP contribution in [0.15, 0.2) is 28.6 Å². The molecular formula is C23H34IN5O2S. The number of aromatic nitrogens is 1. The summed E-state index contributed by atoms with van der Waals surface area (Å²) in [7, 11) is 1.80. The minimum Gasteiger partial charge on any atom is -0.488 e. The average Bonchev–Trinajstić information content (AvgIpc) is 3.54. The fraction of sp³-hybridized carbons (Fsp3) is 0.565. The molecule has 32 heavy (non-hydrogen) atoms. The second-order valence-electron chi connectivity index (χ2n) is 8.13. The Balaban J connectivity index is 0.00000289. The monoisotopic (exact) mass is 571 g/mol. The number of thiazole rings is 1. The van der Waals surface area contributed by atoms with Crippen molar-refractivity contribution in [2.45, 2.75) is 45.3 Å². The van der Waals surface area contributed by atoms with Gasteiger partial charge in [-0.25, -0.2) is 4.98 Å². The zero-order chi connectivity index (χ0) is 21.5. The second kappa shape index (κ2) is 12.6. The van der Waals surface area contributed by atoms with Crippen LogP contribution >= 0.6 is 35.3 Å². The molecule has 2 aromatic rings. The van der Waals surface area contributed by atoms with Gasteiger partial charge in [0.2, 0.25) is 0 Å². The Morgan fingerprint density at radius 3 is 2.91 bits per heavy atom. The van der Waals surface area contributed by atoms with E-state index in [0.29, 0.717) is 13.2 Å². The number of halogens is 1. The number of aryl methyl sites for hydroxylation is 1. The van der Waals surface area contributed by atoms with Crippen LogP contribution in [0.25, 0.3) is 0 Å². The van der Waals surface area contributed by atoms with Crippen LogP contribution < -0.4 is 20.3 Å². The Hall–Kier alpha value is -1.59. The van der Waals surface area contributed by atoms with E-state index in [9.17, 15) is 0 Å². The Kier molecular flexibility index (Phi) is 9.86. The Labute approximate surface area is 212 Å². The summed E-state index contributed by atoms with van der Waals surface area (Å²) in [6, 6.07) is 6.34. The number of aliphatic imine (C=N–C) groups is 1. The van der Waals surface area contributed by atoms with E-state index < -0.39 is 0 Å². The van der Waals surface area contributed by atoms with Gasteiger partial charge in [0.15, 0.2) is 11.1 Å². The molecule has 7 nitrogen and oxygen atoms in total. The van der Waals surface area contributed by atoms with Crippen LogP contribution in [-0.4, -0.2) is 56.9 Å². The van der Waals surface area contributed by atoms with Crippen molar-refractivity contribution in [3.8, 4) is 5.75 Å². The topological polar surface area (TPSA) is 71.0 Å². The molecule has 1 aromatic heterocycles. The first-order chi connectivity index (χ1) is 15.2. The van der Waals surface area contributed by atoms with Gasteiger partial charge in [0.05, 0.1) is 18.9 Å². The van der Waals surface area contributed by atoms with Crippen LogP contribution in [0, 0.1) is 6.92 Å². The Bertz CT molecular complexity index is 879. The van der Waals surface area contributed by atoms with Gasteiger partial charge in [-0.15, -0.1) is 35.3 Å². The summed E-state index contributed by atoms with van der Waals surface area (Å²) in [6.07, 6.45) is 4.52. The summed E-state index contributed by atoms with van der Waals surface area (Å²) in [5.41, 5.74) is 3.45. The van der Waals surface area contributed by atoms with Crippen LogP contribution in [0.4, 0.5) is 5.13 Å². The lowest BCUT2D eigenvalue weighted by molar-refractivity contribution is 0.140. The van der Waals surface area contributed by atoms with E-state index in [0.717, 1.165) is 67.2 Å². The number of hydrogen-bond donors (Lipinski definition) is 2. The third kappa shape index (κ3) is 6.95. The van der Waals surface area contributed by atoms with E-state index in [2.05, 4.69) is 51.0 Å². The molecule has 0 amide bonds. The number of nitrogens with one attached hydrogen (secondary N) is 2. The van der Waals surface area contributed by atoms with Crippen molar-refractivity contribution in [2.75, 3.05) is 44.8 Å². The summed E-state index contributed by atoms with van der Waals surface area (Å²) in [5.74, 6) is 1.71. The molecule has 2 N–H and O–H groups in total. The van der Waals surface area contributed by atoms with Gasteiger partial charge >= 0.3 is 0 Å². The number of rotatable bonds is 8. The molecule has 0 bridgehead atoms. The zero-order valence-electron chi connectivity index (χ0n) is 18.9. The number of guanidine groups is 1. The molecule has 2 aliphatic heterocycles. The highest BCUT2D eigenvalue weighted by Crippen LogP contribution is 2.25. The van der Waals surface area contributed by atoms with Gasteiger partial charge in [0, 0.05) is 57.0 Å². The van der Waals surface area contributed by atoms with Crippen LogP contribution in [0.2, 0.25) is 0 Å². The molecule has 0 aliphatic carbocycles. The molecule has 2 aliphatic rings. The largest absolute Gasteiger partial charge is 0.488 e. The molecular weight excluding hydrogens is 537 g/mol. The fourth-order valence-electron chi connectivity index (χ4n) is 3.88. The third-order valence-corrected chi connectivity index (χ3v) is 6.61. The first-order valence-corrected chi connectivity index (χ1v) is 12.1. The highest BCUT2D eigenvalue weighted by Gasteiger charge is 2.19. The second-order valence-corrected chi connectivity index (χ2v) is 8.97. The molecule has 0 spiro atoms. The number of nitrogens with zero attached hydrogens (tertiary/aromatic N) is 3. The van der Waals surface area contributed by atoms with Crippen molar-refractivity contribution >= 4 is 46.4 Å². The quantitative estimate of drug-likeness (QED) is 0.286. The van der Waals surface area contributed by atoms with Crippen molar-refractivity contribution in [1.29, 1.82) is 0 Å². The molecule has 9 heteroatoms. The van der Waals surface area contributed by atoms with Crippen molar-refractivity contribution < 1.29 is 9.47 Å². The smallest absolute Gasteiger partial charge is 0.191 e. The van der Waals surface area contributed by atoms with Gasteiger partial charge in [0.1, 0.15) is 11.9 Å². The lowest BCUT2D eigenvalue weighted by Gasteiger charge is -2.18. The Morgan fingerprint density at radius 1 is 1.31 bits per heavy atom. The molecule has 0 radical (unpaired) electrons. The molecule has 4 rings (SSSR count). The molecule has 1 atom stereocenters. The predicted molar refractivity (Wildman–Crippen MR) is 142 cm³/mol. The first kappa shape index (κ1) is 25.0. The van der Waals surface area contributed by atoms with E-state index in [4.69, 9.17) is 14.5 Å². The molecule has 3 heterocycles. The van der Waals surface area contributed by atoms with Crippen LogP contribution in [0.1, 0.15) is 36.1 Å². The summed E-state index contributed by atoms with van der Waals surface area (Å²) >= 11 is 1.75. The van der Waals surface area contributed by atoms with E-state index in [1.165, 1.54) is 18.4 Å². The predicted octanol–water partition coefficient (Wildman–Crippen LogP) is 3.75. The first-order valence-electron chi connectivity index (χ1n) is 11.2. The molecule has 176 valence electrons. The molecule has 2 saturated heterocycles. The lowest BCUT2D eigenvalue weighted by Crippen LogP contribution is -2.38. The van der Waals surface area contributed by atoms with E-state index in [1.54, 1.807) is 18.4 Å². The maximum Gasteiger partial charge on any atom is 0.191 e. The van der Waals surface area contributed by atoms with Gasteiger partial charge in [0.25, 0.3) is 0 Å². The summed E-state index contributed by atoms with van der Waals surface area (Å²) in [5, 5.41) is 10.1. The molecule has 2 fully saturated rings. The zero-order valence-corrected chi connectivity index (χ0v) is 22.1. The van der Waals surface area contributed by atoms with Crippen molar-refractivity contribution in [1.82, 2.24) is 15.6 Å². The molecule has 1 unspecified atom stereocenters. The highest BCUT2D eigenvalue weighted by molar-refractivity contribution is 14.0. The minimum absolute atomic E-state index is 0. The number of anilines is 1. The van der Waals surface area contributed by atoms with E-state index in [-0.39, 0.29) is 30.1 Å². The van der Waals surface area contributed by atoms with Gasteiger partial charge in [-0.1, -0.05) is 12.1 Å². The van der Waals surface area contributed by atoms with Crippen molar-refractivity contribution in [3.63, 3.8) is 0 Å². The normalized spacial score (nSPS) is 18.5. The van der Waals surface area contributed by atoms with Crippen LogP contribution in [-0.2, 0) is 17.7 Å². The van der Waals surface area contributed by atoms with Crippen molar-refractivity contribution in [3.05, 3.63) is 40.4 Å². The molecule has 0 saturated carbocycles. The standard InChI is InChI=1S/C23H33N5O2S.HI/c1-17-5-6-18(21(13-17)30-20-8-12-29-15-20)14-26-22(24-2)25-9-7-19-16-31-23(27-19)28-10-3-4-11-28;/h5-6,13,16,20H,3-4,7-12,14-15H2,1-2H3,(H2,24,25,26);1H. The number of ether oxygens (including phenoxy) is 2. The number of hydrogen-bond acceptors (Lipinski definition) is 6. The summed E-state index contributed by atoms with van der Waals surface area (Å²) in [4.78, 5) is 11.5. The highest BCUT2D eigenvalue weighted by atomic mass is 127. The van der Waals surface area contributed by atoms with Crippen LogP contribution in [0.3, 0.4) is 0 Å². The SMILES string of the molecule is CN=C(NCCc1csc(N2CCCC2)n1)NCc1ccc(C)cc1OC1CCOC1.I. The Morgan fingerprint density at radius 2 is 2.16 bits per heavy atom. The third-order valence-electron chi connectivity index (χ3n) is 5.66. The van der Waals surface area contributed by atoms with Gasteiger partial charge in [-0.3, -0.25) is 4.99 Å². The summed E-state index contributed by atoms with van der Waals surface area (Å²) in [6.45, 7) is 7.25. The van der Waals surface area contributed by atoms with Gasteiger partial charge < -0.3 is 25.0 Å². The minimum atomic E-state index is 0. The van der Waals surface area contributed by atoms with Gasteiger partial charge in [-0.2, -0.15) is 0 Å². The molecule has 1 aromatic carbocycles. The van der Waals surface area contributed by atoms with E-state index in [1.807, 2.05) is 0 Å². The average molecular weight is 572 g/mol. The summed E-state index contributed by atoms with van der Waals surface area (Å²) < 4.78 is 11.6. The maximum atomic E-state index is 6.20. The van der Waals surface area contributed by atoms with Crippen molar-refractivity contribution in [2.24, 2.45) is 4.99 Å². The fourth-order valence-corrected chi connectivity index (χ4v) is 4.79. The number of benzene rings is 1. The van der Waals surface area contributed by atoms with Crippen LogP contribution in [0.5, 0.6) is 5.75 Å². The van der Waals surface area contributed by atoms with E-state index >= 15 is 0 Å². The van der Waals surface area contributed by atoms with Gasteiger partial charge in [-0.05, 0) is 31.4 Å².